The van der Waals surface area contributed by atoms with Crippen molar-refractivity contribution < 1.29 is 18.3 Å². The molecule has 3 heterocycles. The van der Waals surface area contributed by atoms with Crippen molar-refractivity contribution in [2.75, 3.05) is 29.4 Å². The lowest BCUT2D eigenvalue weighted by molar-refractivity contribution is -0.00538. The molecule has 5 nitrogen and oxygen atoms in total. The molecule has 0 bridgehead atoms. The maximum absolute atomic E-state index is 15.2. The van der Waals surface area contributed by atoms with E-state index in [0.29, 0.717) is 36.4 Å². The van der Waals surface area contributed by atoms with E-state index in [2.05, 4.69) is 6.92 Å². The van der Waals surface area contributed by atoms with Crippen LogP contribution < -0.4 is 9.80 Å². The fourth-order valence-electron chi connectivity index (χ4n) is 3.80. The van der Waals surface area contributed by atoms with Crippen LogP contribution in [-0.4, -0.2) is 42.3 Å². The first-order valence-corrected chi connectivity index (χ1v) is 9.94. The van der Waals surface area contributed by atoms with Gasteiger partial charge in [0, 0.05) is 30.3 Å². The summed E-state index contributed by atoms with van der Waals surface area (Å²) in [5.74, 6) is -0.374. The second-order valence-corrected chi connectivity index (χ2v) is 8.33. The first-order valence-electron chi connectivity index (χ1n) is 9.06. The van der Waals surface area contributed by atoms with Gasteiger partial charge in [-0.1, -0.05) is 18.7 Å². The summed E-state index contributed by atoms with van der Waals surface area (Å²) in [6, 6.07) is 3.64. The number of hydrogen-bond acceptors (Lipinski definition) is 5. The number of morpholine rings is 1. The van der Waals surface area contributed by atoms with Gasteiger partial charge in [-0.25, -0.2) is 4.39 Å². The van der Waals surface area contributed by atoms with Crippen LogP contribution >= 0.6 is 11.8 Å². The van der Waals surface area contributed by atoms with E-state index in [-0.39, 0.29) is 34.1 Å². The summed E-state index contributed by atoms with van der Waals surface area (Å²) in [6.07, 6.45) is 2.52. The lowest BCUT2D eigenvalue weighted by atomic mass is 10.1. The molecule has 0 N–H and O–H groups in total. The van der Waals surface area contributed by atoms with Gasteiger partial charge in [-0.3, -0.25) is 9.69 Å². The Hall–Kier alpha value is -1.73. The lowest BCUT2D eigenvalue weighted by Crippen LogP contribution is -2.45. The van der Waals surface area contributed by atoms with Crippen LogP contribution in [0.4, 0.5) is 20.6 Å². The van der Waals surface area contributed by atoms with Crippen LogP contribution in [0, 0.1) is 5.82 Å². The predicted octanol–water partition coefficient (Wildman–Crippen LogP) is 4.64. The number of furan rings is 1. The predicted molar refractivity (Wildman–Crippen MR) is 103 cm³/mol. The highest BCUT2D eigenvalue weighted by atomic mass is 32.2. The molecule has 2 aromatic rings. The number of ether oxygens (including phenoxy) is 1. The fraction of sp³-hybridized carbons (Fsp3) is 0.526. The van der Waals surface area contributed by atoms with E-state index < -0.39 is 0 Å². The highest BCUT2D eigenvalue weighted by molar-refractivity contribution is 8.14. The Kier molecular flexibility index (Phi) is 4.61. The molecule has 4 rings (SSSR count). The van der Waals surface area contributed by atoms with Crippen LogP contribution in [0.5, 0.6) is 0 Å². The van der Waals surface area contributed by atoms with Crippen molar-refractivity contribution in [1.29, 1.82) is 0 Å². The summed E-state index contributed by atoms with van der Waals surface area (Å²) in [4.78, 5) is 16.0. The van der Waals surface area contributed by atoms with E-state index in [1.165, 1.54) is 18.0 Å². The zero-order valence-electron chi connectivity index (χ0n) is 15.2. The maximum Gasteiger partial charge on any atom is 0.286 e. The maximum atomic E-state index is 15.2. The van der Waals surface area contributed by atoms with Gasteiger partial charge in [0.15, 0.2) is 11.4 Å². The molecule has 2 aliphatic heterocycles. The van der Waals surface area contributed by atoms with Crippen LogP contribution in [0.25, 0.3) is 11.0 Å². The molecule has 2 fully saturated rings. The van der Waals surface area contributed by atoms with Gasteiger partial charge in [-0.15, -0.1) is 0 Å². The summed E-state index contributed by atoms with van der Waals surface area (Å²) >= 11 is 1.34. The molecule has 7 heteroatoms. The van der Waals surface area contributed by atoms with E-state index in [1.807, 2.05) is 24.8 Å². The number of carbonyl (C=O) groups is 1. The molecule has 0 spiro atoms. The number of fused-ring (bicyclic) bond motifs is 1. The molecule has 26 heavy (non-hydrogen) atoms. The smallest absolute Gasteiger partial charge is 0.286 e. The van der Waals surface area contributed by atoms with Crippen LogP contribution in [0.1, 0.15) is 27.2 Å². The first kappa shape index (κ1) is 17.7. The summed E-state index contributed by atoms with van der Waals surface area (Å²) in [6.45, 7) is 7.96. The monoisotopic (exact) mass is 378 g/mol. The Bertz CT molecular complexity index is 830. The van der Waals surface area contributed by atoms with E-state index in [4.69, 9.17) is 9.15 Å². The summed E-state index contributed by atoms with van der Waals surface area (Å²) in [5.41, 5.74) is 1.39. The van der Waals surface area contributed by atoms with Crippen LogP contribution in [0.15, 0.2) is 22.8 Å². The molecule has 1 aromatic heterocycles. The van der Waals surface area contributed by atoms with Crippen molar-refractivity contribution in [2.45, 2.75) is 44.6 Å². The second-order valence-electron chi connectivity index (χ2n) is 7.08. The van der Waals surface area contributed by atoms with E-state index in [0.717, 1.165) is 6.42 Å². The third-order valence-corrected chi connectivity index (χ3v) is 6.26. The number of benzene rings is 1. The van der Waals surface area contributed by atoms with Gasteiger partial charge >= 0.3 is 0 Å². The Morgan fingerprint density at radius 3 is 2.58 bits per heavy atom. The van der Waals surface area contributed by atoms with Crippen LogP contribution in [-0.2, 0) is 4.74 Å². The minimum absolute atomic E-state index is 0.000126. The van der Waals surface area contributed by atoms with Gasteiger partial charge in [-0.2, -0.15) is 0 Å². The Morgan fingerprint density at radius 2 is 1.92 bits per heavy atom. The molecule has 2 saturated heterocycles. The normalized spacial score (nSPS) is 26.9. The third-order valence-electron chi connectivity index (χ3n) is 5.02. The van der Waals surface area contributed by atoms with E-state index in [1.54, 1.807) is 11.0 Å². The number of carbonyl (C=O) groups excluding carboxylic acids is 1. The van der Waals surface area contributed by atoms with Gasteiger partial charge in [0.25, 0.3) is 5.24 Å². The van der Waals surface area contributed by atoms with Gasteiger partial charge in [0.1, 0.15) is 6.26 Å². The number of halogens is 1. The van der Waals surface area contributed by atoms with Crippen LogP contribution in [0.3, 0.4) is 0 Å². The van der Waals surface area contributed by atoms with Crippen LogP contribution in [0.2, 0.25) is 0 Å². The van der Waals surface area contributed by atoms with Gasteiger partial charge in [0.2, 0.25) is 0 Å². The number of hydrogen-bond donors (Lipinski definition) is 0. The molecular weight excluding hydrogens is 355 g/mol. The highest BCUT2D eigenvalue weighted by Crippen LogP contribution is 2.40. The molecule has 1 aromatic carbocycles. The fourth-order valence-corrected chi connectivity index (χ4v) is 4.77. The summed E-state index contributed by atoms with van der Waals surface area (Å²) in [7, 11) is 0. The SMILES string of the molecule is CC[C@H]1CN(c2coc3c(F)c(N4C[C@@H](C)O[C@@H](C)C4)ccc23)C(=O)S1. The molecule has 0 saturated carbocycles. The Labute approximate surface area is 156 Å². The van der Waals surface area contributed by atoms with Crippen molar-refractivity contribution >= 4 is 39.3 Å². The minimum atomic E-state index is -0.374. The number of thioether (sulfide) groups is 1. The molecular formula is C19H23FN2O3S. The van der Waals surface area contributed by atoms with Gasteiger partial charge in [-0.05, 0) is 32.4 Å². The molecule has 0 unspecified atom stereocenters. The average Bonchev–Trinajstić information content (AvgIpc) is 3.17. The largest absolute Gasteiger partial charge is 0.459 e. The van der Waals surface area contributed by atoms with Crippen molar-refractivity contribution in [3.63, 3.8) is 0 Å². The van der Waals surface area contributed by atoms with Gasteiger partial charge < -0.3 is 14.1 Å². The Balaban J connectivity index is 1.69. The van der Waals surface area contributed by atoms with E-state index in [9.17, 15) is 4.79 Å². The van der Waals surface area contributed by atoms with Crippen molar-refractivity contribution in [2.24, 2.45) is 0 Å². The number of rotatable bonds is 3. The molecule has 1 amide bonds. The minimum Gasteiger partial charge on any atom is -0.459 e. The molecule has 3 atom stereocenters. The molecule has 0 radical (unpaired) electrons. The number of anilines is 2. The van der Waals surface area contributed by atoms with Crippen molar-refractivity contribution in [3.8, 4) is 0 Å². The molecule has 2 aliphatic rings. The van der Waals surface area contributed by atoms with Crippen molar-refractivity contribution in [1.82, 2.24) is 0 Å². The summed E-state index contributed by atoms with van der Waals surface area (Å²) < 4.78 is 26.5. The van der Waals surface area contributed by atoms with E-state index >= 15 is 4.39 Å². The average molecular weight is 378 g/mol. The molecule has 140 valence electrons. The second kappa shape index (κ2) is 6.78. The standard InChI is InChI=1S/C19H23FN2O3S/c1-4-13-9-22(19(23)26-13)16-10-24-18-14(16)5-6-15(17(18)20)21-7-11(2)25-12(3)8-21/h5-6,10-13H,4,7-9H2,1-3H3/t11-,12+,13-/m0/s1. The van der Waals surface area contributed by atoms with Gasteiger partial charge in [0.05, 0.1) is 23.6 Å². The van der Waals surface area contributed by atoms with Crippen molar-refractivity contribution in [3.05, 3.63) is 24.2 Å². The first-order chi connectivity index (χ1) is 12.5. The zero-order chi connectivity index (χ0) is 18.4. The number of amides is 1. The zero-order valence-corrected chi connectivity index (χ0v) is 16.0. The lowest BCUT2D eigenvalue weighted by Gasteiger charge is -2.36. The topological polar surface area (TPSA) is 45.9 Å². The Morgan fingerprint density at radius 1 is 1.19 bits per heavy atom. The third kappa shape index (κ3) is 2.97. The quantitative estimate of drug-likeness (QED) is 0.779. The summed E-state index contributed by atoms with van der Waals surface area (Å²) in [5, 5.41) is 0.916. The highest BCUT2D eigenvalue weighted by Gasteiger charge is 2.33. The molecule has 0 aliphatic carbocycles. The number of nitrogens with zero attached hydrogens (tertiary/aromatic N) is 2.